The van der Waals surface area contributed by atoms with E-state index in [1.54, 1.807) is 0 Å². The summed E-state index contributed by atoms with van der Waals surface area (Å²) < 4.78 is 0. The summed E-state index contributed by atoms with van der Waals surface area (Å²) in [5.41, 5.74) is 0. The van der Waals surface area contributed by atoms with Gasteiger partial charge in [0.15, 0.2) is 0 Å². The van der Waals surface area contributed by atoms with Crippen LogP contribution in [0.15, 0.2) is 0 Å². The molecule has 0 saturated carbocycles. The van der Waals surface area contributed by atoms with E-state index in [1.807, 2.05) is 0 Å². The molecule has 0 aromatic heterocycles. The van der Waals surface area contributed by atoms with E-state index in [0.29, 0.717) is 5.92 Å². The summed E-state index contributed by atoms with van der Waals surface area (Å²) in [6.07, 6.45) is 0. The van der Waals surface area contributed by atoms with Gasteiger partial charge in [-0.3, -0.25) is 0 Å². The number of hydrogen-bond acceptors (Lipinski definition) is 0. The largest absolute Gasteiger partial charge is 4.00 e. The van der Waals surface area contributed by atoms with Crippen molar-refractivity contribution in [3.63, 3.8) is 0 Å². The van der Waals surface area contributed by atoms with Crippen molar-refractivity contribution < 1.29 is 46.5 Å². The molecule has 0 saturated heterocycles. The van der Waals surface area contributed by atoms with Gasteiger partial charge in [0.25, 0.3) is 0 Å². The normalized spacial score (nSPS) is 4.50. The molecule has 0 heterocycles. The number of halogens is 2. The van der Waals surface area contributed by atoms with Crippen LogP contribution in [0.25, 0.3) is 6.15 Å². The van der Waals surface area contributed by atoms with Crippen molar-refractivity contribution in [2.45, 2.75) is 13.8 Å². The van der Waals surface area contributed by atoms with Gasteiger partial charge in [-0.05, 0) is 0 Å². The van der Waals surface area contributed by atoms with Gasteiger partial charge in [0.2, 0.25) is 0 Å². The summed E-state index contributed by atoms with van der Waals surface area (Å²) in [6.45, 7) is 7.75. The first kappa shape index (κ1) is 34.8. The van der Waals surface area contributed by atoms with Crippen LogP contribution in [0, 0.1) is 12.8 Å². The third-order valence-electron chi connectivity index (χ3n) is 0. The molecule has 0 radical (unpaired) electrons. The van der Waals surface area contributed by atoms with Gasteiger partial charge in [0.1, 0.15) is 0 Å². The molecule has 0 fully saturated rings. The molecule has 0 aliphatic heterocycles. The van der Waals surface area contributed by atoms with Crippen molar-refractivity contribution in [2.75, 3.05) is 0 Å². The molecule has 0 aliphatic rings. The van der Waals surface area contributed by atoms with E-state index in [2.05, 4.69) is 20.8 Å². The quantitative estimate of drug-likeness (QED) is 0.278. The molecule has 2 N–H and O–H groups in total. The predicted octanol–water partition coefficient (Wildman–Crippen LogP) is -3.80. The van der Waals surface area contributed by atoms with Gasteiger partial charge in [-0.2, -0.15) is 5.92 Å². The van der Waals surface area contributed by atoms with Crippen LogP contribution in [0.3, 0.4) is 0 Å². The Morgan fingerprint density at radius 3 is 1.12 bits per heavy atom. The SMILES string of the molecule is [CH2-]C(C)C.[Cl-].[Cl-].[NH2-].[Ti+4]. The van der Waals surface area contributed by atoms with Crippen LogP contribution in [-0.2, 0) is 21.7 Å². The van der Waals surface area contributed by atoms with E-state index < -0.39 is 0 Å². The molecule has 0 spiro atoms. The second kappa shape index (κ2) is 24.0. The maximum absolute atomic E-state index is 3.64. The maximum Gasteiger partial charge on any atom is 4.00 e. The summed E-state index contributed by atoms with van der Waals surface area (Å²) in [5, 5.41) is 0. The van der Waals surface area contributed by atoms with Gasteiger partial charge in [0, 0.05) is 0 Å². The monoisotopic (exact) mass is 191 g/mol. The summed E-state index contributed by atoms with van der Waals surface area (Å²) in [4.78, 5) is 0. The Morgan fingerprint density at radius 2 is 1.12 bits per heavy atom. The Balaban J connectivity index is -0.00000000750. The molecular formula is C4H11Cl2NTi. The summed E-state index contributed by atoms with van der Waals surface area (Å²) in [7, 11) is 0. The molecule has 0 unspecified atom stereocenters. The van der Waals surface area contributed by atoms with Gasteiger partial charge in [-0.15, -0.1) is 0 Å². The number of hydrogen-bond donors (Lipinski definition) is 0. The molecule has 8 heavy (non-hydrogen) atoms. The maximum atomic E-state index is 3.64. The van der Waals surface area contributed by atoms with Crippen LogP contribution in [0.2, 0.25) is 0 Å². The van der Waals surface area contributed by atoms with Crippen LogP contribution in [0.5, 0.6) is 0 Å². The molecule has 1 nitrogen and oxygen atoms in total. The molecule has 0 aliphatic carbocycles. The molecule has 0 atom stereocenters. The Morgan fingerprint density at radius 1 is 1.12 bits per heavy atom. The molecule has 50 valence electrons. The van der Waals surface area contributed by atoms with Crippen LogP contribution >= 0.6 is 0 Å². The first-order chi connectivity index (χ1) is 1.73. The molecule has 0 aromatic rings. The fourth-order valence-electron chi connectivity index (χ4n) is 0. The van der Waals surface area contributed by atoms with Crippen LogP contribution in [-0.4, -0.2) is 0 Å². The van der Waals surface area contributed by atoms with Gasteiger partial charge in [-0.25, -0.2) is 0 Å². The van der Waals surface area contributed by atoms with Crippen LogP contribution in [0.1, 0.15) is 13.8 Å². The smallest absolute Gasteiger partial charge is 1.00 e. The van der Waals surface area contributed by atoms with Gasteiger partial charge >= 0.3 is 21.7 Å². The van der Waals surface area contributed by atoms with Crippen molar-refractivity contribution in [3.8, 4) is 0 Å². The Bertz CT molecular complexity index is 18.8. The molecular weight excluding hydrogens is 181 g/mol. The fraction of sp³-hybridized carbons (Fsp3) is 0.750. The zero-order valence-corrected chi connectivity index (χ0v) is 8.19. The van der Waals surface area contributed by atoms with Crippen molar-refractivity contribution in [1.82, 2.24) is 0 Å². The van der Waals surface area contributed by atoms with Crippen molar-refractivity contribution >= 4 is 0 Å². The second-order valence-electron chi connectivity index (χ2n) is 1.39. The molecule has 0 aromatic carbocycles. The predicted molar refractivity (Wildman–Crippen MR) is 25.5 cm³/mol. The van der Waals surface area contributed by atoms with Crippen molar-refractivity contribution in [1.29, 1.82) is 0 Å². The van der Waals surface area contributed by atoms with E-state index in [-0.39, 0.29) is 52.7 Å². The minimum atomic E-state index is 0. The van der Waals surface area contributed by atoms with E-state index in [4.69, 9.17) is 0 Å². The topological polar surface area (TPSA) is 33.5 Å². The van der Waals surface area contributed by atoms with Crippen LogP contribution < -0.4 is 24.8 Å². The minimum absolute atomic E-state index is 0. The Kier molecular flexibility index (Phi) is 105. The molecule has 0 rings (SSSR count). The average Bonchev–Trinajstić information content (AvgIpc) is 0.811. The molecule has 0 bridgehead atoms. The van der Waals surface area contributed by atoms with Gasteiger partial charge < -0.3 is 37.9 Å². The minimum Gasteiger partial charge on any atom is -1.00 e. The summed E-state index contributed by atoms with van der Waals surface area (Å²) in [6, 6.07) is 0. The van der Waals surface area contributed by atoms with Crippen molar-refractivity contribution in [2.24, 2.45) is 5.92 Å². The van der Waals surface area contributed by atoms with Gasteiger partial charge in [0.05, 0.1) is 0 Å². The average molecular weight is 192 g/mol. The van der Waals surface area contributed by atoms with E-state index >= 15 is 0 Å². The molecule has 0 amide bonds. The van der Waals surface area contributed by atoms with E-state index in [0.717, 1.165) is 0 Å². The zero-order valence-electron chi connectivity index (χ0n) is 5.12. The standard InChI is InChI=1S/C4H9.2ClH.H2N.Ti/c1-4(2)3;;;;/h4H,1H2,2-3H3;2*1H;1H2;/q-1;;;-1;+4/p-2. The van der Waals surface area contributed by atoms with E-state index in [9.17, 15) is 0 Å². The summed E-state index contributed by atoms with van der Waals surface area (Å²) in [5.74, 6) is 0.583. The number of nitrogens with two attached hydrogens (primary N) is 1. The third kappa shape index (κ3) is 180. The second-order valence-corrected chi connectivity index (χ2v) is 1.39. The van der Waals surface area contributed by atoms with Gasteiger partial charge in [-0.1, -0.05) is 13.8 Å². The third-order valence-corrected chi connectivity index (χ3v) is 0. The first-order valence-corrected chi connectivity index (χ1v) is 1.56. The fourth-order valence-corrected chi connectivity index (χ4v) is 0. The van der Waals surface area contributed by atoms with Crippen molar-refractivity contribution in [3.05, 3.63) is 13.1 Å². The summed E-state index contributed by atoms with van der Waals surface area (Å²) >= 11 is 0. The number of rotatable bonds is 0. The molecule has 4 heteroatoms. The van der Waals surface area contributed by atoms with E-state index in [1.165, 1.54) is 0 Å². The van der Waals surface area contributed by atoms with Crippen LogP contribution in [0.4, 0.5) is 0 Å². The Labute approximate surface area is 79.3 Å². The Hall–Kier alpha value is 1.25. The zero-order chi connectivity index (χ0) is 3.58. The first-order valence-electron chi connectivity index (χ1n) is 1.56.